The lowest BCUT2D eigenvalue weighted by molar-refractivity contribution is -0.143. The van der Waals surface area contributed by atoms with E-state index in [-0.39, 0.29) is 11.7 Å². The first-order valence-electron chi connectivity index (χ1n) is 12.7. The number of benzene rings is 1. The Labute approximate surface area is 221 Å². The number of esters is 1. The van der Waals surface area contributed by atoms with Gasteiger partial charge in [0.15, 0.2) is 11.5 Å². The lowest BCUT2D eigenvalue weighted by Gasteiger charge is -2.24. The number of unbranched alkanes of at least 4 members (excludes halogenated alkanes) is 3. The zero-order valence-corrected chi connectivity index (χ0v) is 23.7. The molecule has 2 unspecified atom stereocenters. The van der Waals surface area contributed by atoms with E-state index >= 15 is 0 Å². The van der Waals surface area contributed by atoms with Crippen molar-refractivity contribution in [3.8, 4) is 11.5 Å². The number of nitrogens with two attached hydrogens (primary N) is 1. The zero-order chi connectivity index (χ0) is 27.7. The molecule has 1 aromatic carbocycles. The molecule has 1 amide bonds. The molecule has 2 atom stereocenters. The average molecular weight is 542 g/mol. The fourth-order valence-corrected chi connectivity index (χ4v) is 4.67. The Morgan fingerprint density at radius 1 is 1.08 bits per heavy atom. The molecule has 11 heteroatoms. The van der Waals surface area contributed by atoms with E-state index < -0.39 is 19.8 Å². The third kappa shape index (κ3) is 13.1. The quantitative estimate of drug-likeness (QED) is 0.100. The van der Waals surface area contributed by atoms with E-state index in [1.165, 1.54) is 21.3 Å². The first kappa shape index (κ1) is 32.6. The molecular formula is C26H44N3O7P. The van der Waals surface area contributed by atoms with Gasteiger partial charge in [0, 0.05) is 20.1 Å². The molecule has 0 saturated heterocycles. The Bertz CT molecular complexity index is 908. The fourth-order valence-electron chi connectivity index (χ4n) is 3.41. The van der Waals surface area contributed by atoms with Crippen molar-refractivity contribution in [1.29, 1.82) is 0 Å². The van der Waals surface area contributed by atoms with Gasteiger partial charge in [-0.05, 0) is 62.3 Å². The Morgan fingerprint density at radius 2 is 1.84 bits per heavy atom. The smallest absolute Gasteiger partial charge is 0.459 e. The fraction of sp³-hybridized carbons (Fsp3) is 0.615. The number of hydrogen-bond donors (Lipinski definition) is 3. The Morgan fingerprint density at radius 3 is 2.46 bits per heavy atom. The van der Waals surface area contributed by atoms with Gasteiger partial charge in [-0.15, -0.1) is 0 Å². The summed E-state index contributed by atoms with van der Waals surface area (Å²) < 4.78 is 34.3. The van der Waals surface area contributed by atoms with Crippen molar-refractivity contribution < 1.29 is 32.7 Å². The highest BCUT2D eigenvalue weighted by atomic mass is 31.2. The van der Waals surface area contributed by atoms with E-state index in [2.05, 4.69) is 36.4 Å². The molecule has 0 radical (unpaired) electrons. The predicted octanol–water partition coefficient (Wildman–Crippen LogP) is 4.48. The lowest BCUT2D eigenvalue weighted by atomic mass is 10.1. The normalized spacial score (nSPS) is 13.8. The van der Waals surface area contributed by atoms with Gasteiger partial charge in [0.05, 0.1) is 14.2 Å². The summed E-state index contributed by atoms with van der Waals surface area (Å²) >= 11 is 0. The topological polar surface area (TPSA) is 138 Å². The molecule has 0 aromatic heterocycles. The van der Waals surface area contributed by atoms with Crippen molar-refractivity contribution in [3.63, 3.8) is 0 Å². The van der Waals surface area contributed by atoms with Gasteiger partial charge in [-0.1, -0.05) is 38.5 Å². The molecule has 0 aliphatic rings. The maximum atomic E-state index is 13.3. The molecule has 0 bridgehead atoms. The SMILES string of the molecule is COC(=O)C(CCCCN)NP(=O)(OC)Oc1ccc(CNC(=O)CCCC/C=C/C(C)C)cc1OC. The lowest BCUT2D eigenvalue weighted by Crippen LogP contribution is -2.37. The van der Waals surface area contributed by atoms with E-state index in [1.807, 2.05) is 0 Å². The van der Waals surface area contributed by atoms with Gasteiger partial charge in [-0.2, -0.15) is 5.09 Å². The molecule has 0 aliphatic carbocycles. The molecule has 10 nitrogen and oxygen atoms in total. The second kappa shape index (κ2) is 18.0. The highest BCUT2D eigenvalue weighted by molar-refractivity contribution is 7.52. The average Bonchev–Trinajstić information content (AvgIpc) is 2.88. The third-order valence-corrected chi connectivity index (χ3v) is 7.01. The van der Waals surface area contributed by atoms with Crippen molar-refractivity contribution in [2.75, 3.05) is 27.9 Å². The Balaban J connectivity index is 2.74. The van der Waals surface area contributed by atoms with Crippen LogP contribution in [0.2, 0.25) is 0 Å². The van der Waals surface area contributed by atoms with Crippen LogP contribution in [0.3, 0.4) is 0 Å². The minimum absolute atomic E-state index is 0.0243. The Hall–Kier alpha value is -2.39. The van der Waals surface area contributed by atoms with Crippen LogP contribution >= 0.6 is 7.75 Å². The number of methoxy groups -OCH3 is 2. The van der Waals surface area contributed by atoms with E-state index in [1.54, 1.807) is 18.2 Å². The number of carbonyl (C=O) groups excluding carboxylic acids is 2. The van der Waals surface area contributed by atoms with Gasteiger partial charge >= 0.3 is 13.7 Å². The first-order valence-corrected chi connectivity index (χ1v) is 14.2. The van der Waals surface area contributed by atoms with E-state index in [0.29, 0.717) is 50.4 Å². The van der Waals surface area contributed by atoms with Crippen LogP contribution in [0.25, 0.3) is 0 Å². The summed E-state index contributed by atoms with van der Waals surface area (Å²) in [5.74, 6) is 0.403. The summed E-state index contributed by atoms with van der Waals surface area (Å²) in [5, 5.41) is 5.56. The molecule has 0 saturated carbocycles. The van der Waals surface area contributed by atoms with Gasteiger partial charge in [-0.25, -0.2) is 4.57 Å². The summed E-state index contributed by atoms with van der Waals surface area (Å²) in [6.45, 7) is 5.06. The molecule has 0 fully saturated rings. The second-order valence-corrected chi connectivity index (χ2v) is 10.7. The first-order chi connectivity index (χ1) is 17.7. The van der Waals surface area contributed by atoms with Gasteiger partial charge < -0.3 is 25.0 Å². The molecule has 4 N–H and O–H groups in total. The number of carbonyl (C=O) groups is 2. The van der Waals surface area contributed by atoms with E-state index in [0.717, 1.165) is 24.8 Å². The van der Waals surface area contributed by atoms with Crippen LogP contribution in [0.15, 0.2) is 30.4 Å². The second-order valence-electron chi connectivity index (χ2n) is 8.94. The number of allylic oxidation sites excluding steroid dienone is 2. The van der Waals surface area contributed by atoms with Crippen LogP contribution in [0.5, 0.6) is 11.5 Å². The van der Waals surface area contributed by atoms with Gasteiger partial charge in [-0.3, -0.25) is 14.1 Å². The summed E-state index contributed by atoms with van der Waals surface area (Å²) in [7, 11) is -0.0160. The van der Waals surface area contributed by atoms with E-state index in [9.17, 15) is 14.2 Å². The maximum Gasteiger partial charge on any atom is 0.459 e. The van der Waals surface area contributed by atoms with Crippen LogP contribution in [0.1, 0.15) is 64.4 Å². The maximum absolute atomic E-state index is 13.3. The van der Waals surface area contributed by atoms with Crippen LogP contribution in [0, 0.1) is 5.92 Å². The summed E-state index contributed by atoms with van der Waals surface area (Å²) in [4.78, 5) is 24.4. The zero-order valence-electron chi connectivity index (χ0n) is 22.8. The highest BCUT2D eigenvalue weighted by Gasteiger charge is 2.33. The number of rotatable bonds is 19. The van der Waals surface area contributed by atoms with Crippen LogP contribution < -0.4 is 25.4 Å². The van der Waals surface area contributed by atoms with Crippen molar-refractivity contribution in [2.24, 2.45) is 11.7 Å². The van der Waals surface area contributed by atoms with Crippen molar-refractivity contribution in [3.05, 3.63) is 35.9 Å². The third-order valence-electron chi connectivity index (χ3n) is 5.47. The number of nitrogens with one attached hydrogen (secondary N) is 2. The van der Waals surface area contributed by atoms with Crippen molar-refractivity contribution in [1.82, 2.24) is 10.4 Å². The molecule has 37 heavy (non-hydrogen) atoms. The molecule has 0 heterocycles. The predicted molar refractivity (Wildman–Crippen MR) is 144 cm³/mol. The largest absolute Gasteiger partial charge is 0.493 e. The summed E-state index contributed by atoms with van der Waals surface area (Å²) in [6.07, 6.45) is 9.24. The van der Waals surface area contributed by atoms with Crippen molar-refractivity contribution in [2.45, 2.75) is 71.4 Å². The number of ether oxygens (including phenoxy) is 2. The summed E-state index contributed by atoms with van der Waals surface area (Å²) in [5.41, 5.74) is 6.31. The molecule has 1 aromatic rings. The molecular weight excluding hydrogens is 497 g/mol. The monoisotopic (exact) mass is 541 g/mol. The van der Waals surface area contributed by atoms with Crippen molar-refractivity contribution >= 4 is 19.6 Å². The molecule has 0 spiro atoms. The van der Waals surface area contributed by atoms with Crippen LogP contribution in [-0.4, -0.2) is 45.8 Å². The number of amides is 1. The summed E-state index contributed by atoms with van der Waals surface area (Å²) in [6, 6.07) is 4.10. The van der Waals surface area contributed by atoms with Gasteiger partial charge in [0.1, 0.15) is 6.04 Å². The minimum Gasteiger partial charge on any atom is -0.493 e. The molecule has 210 valence electrons. The minimum atomic E-state index is -3.94. The molecule has 0 aliphatic heterocycles. The standard InChI is InChI=1S/C26H44N3O7P/c1-20(2)12-8-6-7-9-14-25(30)28-19-21-15-16-23(24(18-21)33-3)36-37(32,35-5)29-22(26(31)34-4)13-10-11-17-27/h8,12,15-16,18,20,22H,6-7,9-11,13-14,17,19,27H2,1-5H3,(H,28,30)(H,29,32)/b12-8+. The highest BCUT2D eigenvalue weighted by Crippen LogP contribution is 2.47. The van der Waals surface area contributed by atoms with Gasteiger partial charge in [0.25, 0.3) is 0 Å². The molecule has 1 rings (SSSR count). The van der Waals surface area contributed by atoms with Gasteiger partial charge in [0.2, 0.25) is 5.91 Å². The van der Waals surface area contributed by atoms with E-state index in [4.69, 9.17) is 24.3 Å². The van der Waals surface area contributed by atoms with Crippen LogP contribution in [0.4, 0.5) is 0 Å². The Kier molecular flexibility index (Phi) is 15.8. The van der Waals surface area contributed by atoms with Crippen LogP contribution in [-0.2, 0) is 30.0 Å². The number of hydrogen-bond acceptors (Lipinski definition) is 8.